The molecule has 146 valence electrons. The van der Waals surface area contributed by atoms with Crippen LogP contribution in [0.2, 0.25) is 0 Å². The predicted octanol–water partition coefficient (Wildman–Crippen LogP) is 3.63. The third-order valence-corrected chi connectivity index (χ3v) is 5.81. The van der Waals surface area contributed by atoms with E-state index >= 15 is 0 Å². The molecule has 5 rings (SSSR count). The zero-order valence-electron chi connectivity index (χ0n) is 15.8. The lowest BCUT2D eigenvalue weighted by molar-refractivity contribution is 0.412. The number of rotatable bonds is 2. The fourth-order valence-corrected chi connectivity index (χ4v) is 4.52. The van der Waals surface area contributed by atoms with E-state index in [0.29, 0.717) is 12.2 Å². The summed E-state index contributed by atoms with van der Waals surface area (Å²) in [6.07, 6.45) is 0.853. The second-order valence-corrected chi connectivity index (χ2v) is 7.76. The minimum Gasteiger partial charge on any atom is -0.494 e. The number of aromatic amines is 2. The Balaban J connectivity index is 1.75. The van der Waals surface area contributed by atoms with Gasteiger partial charge in [-0.3, -0.25) is 14.3 Å². The van der Waals surface area contributed by atoms with Crippen molar-refractivity contribution in [1.29, 1.82) is 0 Å². The lowest BCUT2D eigenvalue weighted by Gasteiger charge is -2.25. The smallest absolute Gasteiger partial charge is 0.260 e. The molecule has 1 atom stereocenters. The van der Waals surface area contributed by atoms with Gasteiger partial charge >= 0.3 is 0 Å². The Labute approximate surface area is 171 Å². The molecule has 6 nitrogen and oxygen atoms in total. The van der Waals surface area contributed by atoms with Crippen molar-refractivity contribution in [2.75, 3.05) is 6.54 Å². The third kappa shape index (κ3) is 2.82. The average molecular weight is 404 g/mol. The number of H-pyrrole nitrogens is 2. The van der Waals surface area contributed by atoms with Crippen LogP contribution in [0.15, 0.2) is 53.3 Å². The Kier molecular flexibility index (Phi) is 4.15. The number of fused-ring (bicyclic) bond motifs is 3. The minimum atomic E-state index is -0.457. The van der Waals surface area contributed by atoms with Crippen LogP contribution in [0.3, 0.4) is 0 Å². The van der Waals surface area contributed by atoms with E-state index in [-0.39, 0.29) is 21.8 Å². The zero-order valence-corrected chi connectivity index (χ0v) is 16.6. The fraction of sp³-hybridized carbons (Fsp3) is 0.182. The Morgan fingerprint density at radius 3 is 2.79 bits per heavy atom. The number of para-hydroxylation sites is 1. The van der Waals surface area contributed by atoms with Gasteiger partial charge in [0.25, 0.3) is 5.56 Å². The van der Waals surface area contributed by atoms with Crippen molar-refractivity contribution in [3.05, 3.63) is 86.0 Å². The van der Waals surface area contributed by atoms with Crippen LogP contribution in [-0.4, -0.2) is 26.2 Å². The van der Waals surface area contributed by atoms with Crippen LogP contribution in [-0.2, 0) is 6.42 Å². The van der Waals surface area contributed by atoms with Gasteiger partial charge in [-0.05, 0) is 54.9 Å². The first kappa shape index (κ1) is 17.9. The Morgan fingerprint density at radius 2 is 1.97 bits per heavy atom. The van der Waals surface area contributed by atoms with Gasteiger partial charge in [0.05, 0.1) is 11.7 Å². The molecule has 29 heavy (non-hydrogen) atoms. The first-order valence-electron chi connectivity index (χ1n) is 9.52. The van der Waals surface area contributed by atoms with E-state index in [4.69, 9.17) is 12.2 Å². The number of nitrogens with zero attached hydrogens (tertiary/aromatic N) is 1. The Morgan fingerprint density at radius 1 is 1.14 bits per heavy atom. The fourth-order valence-electron chi connectivity index (χ4n) is 4.23. The van der Waals surface area contributed by atoms with Crippen LogP contribution in [0.4, 0.5) is 0 Å². The van der Waals surface area contributed by atoms with E-state index in [1.807, 2.05) is 49.4 Å². The van der Waals surface area contributed by atoms with E-state index in [0.717, 1.165) is 28.6 Å². The molecule has 2 aromatic heterocycles. The maximum Gasteiger partial charge on any atom is 0.260 e. The first-order chi connectivity index (χ1) is 14.0. The lowest BCUT2D eigenvalue weighted by Crippen LogP contribution is -2.35. The van der Waals surface area contributed by atoms with Crippen molar-refractivity contribution in [1.82, 2.24) is 19.9 Å². The van der Waals surface area contributed by atoms with E-state index in [1.165, 1.54) is 10.1 Å². The van der Waals surface area contributed by atoms with Gasteiger partial charge in [0.2, 0.25) is 5.88 Å². The molecular formula is C22H20N4O2S. The molecule has 0 saturated carbocycles. The van der Waals surface area contributed by atoms with E-state index in [2.05, 4.69) is 21.4 Å². The summed E-state index contributed by atoms with van der Waals surface area (Å²) >= 11 is 5.36. The molecule has 7 heteroatoms. The summed E-state index contributed by atoms with van der Waals surface area (Å²) in [5, 5.41) is 15.7. The summed E-state index contributed by atoms with van der Waals surface area (Å²) in [6, 6.07) is 15.3. The maximum atomic E-state index is 12.9. The number of aromatic nitrogens is 3. The average Bonchev–Trinajstić information content (AvgIpc) is 3.07. The van der Waals surface area contributed by atoms with Crippen molar-refractivity contribution in [3.8, 4) is 11.6 Å². The normalized spacial score (nSPS) is 16.1. The monoisotopic (exact) mass is 404 g/mol. The van der Waals surface area contributed by atoms with E-state index in [1.54, 1.807) is 0 Å². The summed E-state index contributed by atoms with van der Waals surface area (Å²) in [5.74, 6) is -0.145. The minimum absolute atomic E-state index is 0.145. The van der Waals surface area contributed by atoms with Gasteiger partial charge in [0, 0.05) is 23.1 Å². The molecule has 0 unspecified atom stereocenters. The number of hydrogen-bond acceptors (Lipinski definition) is 4. The van der Waals surface area contributed by atoms with Crippen LogP contribution in [0.25, 0.3) is 16.6 Å². The highest BCUT2D eigenvalue weighted by Crippen LogP contribution is 2.35. The molecule has 0 bridgehead atoms. The summed E-state index contributed by atoms with van der Waals surface area (Å²) in [4.78, 5) is 19.1. The zero-order chi connectivity index (χ0) is 20.1. The molecule has 0 fully saturated rings. The highest BCUT2D eigenvalue weighted by atomic mass is 32.1. The number of aryl methyl sites for hydroxylation is 1. The van der Waals surface area contributed by atoms with Crippen LogP contribution < -0.4 is 10.9 Å². The molecule has 0 saturated heterocycles. The van der Waals surface area contributed by atoms with Crippen molar-refractivity contribution >= 4 is 23.1 Å². The van der Waals surface area contributed by atoms with Crippen molar-refractivity contribution in [2.24, 2.45) is 0 Å². The number of nitrogens with one attached hydrogen (secondary N) is 3. The van der Waals surface area contributed by atoms with Crippen molar-refractivity contribution < 1.29 is 5.11 Å². The summed E-state index contributed by atoms with van der Waals surface area (Å²) in [7, 11) is 0. The van der Waals surface area contributed by atoms with Crippen LogP contribution in [0.1, 0.15) is 28.4 Å². The van der Waals surface area contributed by atoms with Gasteiger partial charge in [0.15, 0.2) is 4.77 Å². The molecule has 0 aliphatic carbocycles. The molecule has 1 aliphatic heterocycles. The standard InChI is InChI=1S/C22H20N4O2S/c1-12-5-4-6-13(11-12)26-21(28)17(20(27)25-22(26)29)19-18-15(9-10-23-19)14-7-2-3-8-16(14)24-18/h2-8,11,19,23-24,28H,9-10H2,1H3,(H,25,27,29)/t19-/m0/s1. The van der Waals surface area contributed by atoms with Gasteiger partial charge in [-0.1, -0.05) is 30.3 Å². The van der Waals surface area contributed by atoms with E-state index in [9.17, 15) is 9.90 Å². The second-order valence-electron chi connectivity index (χ2n) is 7.37. The van der Waals surface area contributed by atoms with Crippen molar-refractivity contribution in [2.45, 2.75) is 19.4 Å². The largest absolute Gasteiger partial charge is 0.494 e. The lowest BCUT2D eigenvalue weighted by atomic mass is 9.95. The maximum absolute atomic E-state index is 12.9. The first-order valence-corrected chi connectivity index (χ1v) is 9.93. The van der Waals surface area contributed by atoms with Gasteiger partial charge in [-0.2, -0.15) is 0 Å². The van der Waals surface area contributed by atoms with Crippen LogP contribution in [0, 0.1) is 11.7 Å². The number of aromatic hydroxyl groups is 1. The Bertz CT molecular complexity index is 1370. The summed E-state index contributed by atoms with van der Waals surface area (Å²) in [6.45, 7) is 2.68. The molecule has 1 aliphatic rings. The topological polar surface area (TPSA) is 85.8 Å². The molecule has 0 spiro atoms. The SMILES string of the molecule is Cc1cccc(-n2c(O)c([C@@H]3NCCc4c3[nH]c3ccccc43)c(=O)[nH]c2=S)c1. The highest BCUT2D eigenvalue weighted by Gasteiger charge is 2.30. The summed E-state index contributed by atoms with van der Waals surface area (Å²) < 4.78 is 1.67. The molecule has 0 amide bonds. The molecule has 2 aromatic carbocycles. The second kappa shape index (κ2) is 6.72. The van der Waals surface area contributed by atoms with Crippen LogP contribution >= 0.6 is 12.2 Å². The quantitative estimate of drug-likeness (QED) is 0.385. The molecule has 3 heterocycles. The van der Waals surface area contributed by atoms with Gasteiger partial charge < -0.3 is 15.4 Å². The summed E-state index contributed by atoms with van der Waals surface area (Å²) in [5.41, 5.74) is 4.71. The molecule has 4 N–H and O–H groups in total. The predicted molar refractivity (Wildman–Crippen MR) is 115 cm³/mol. The van der Waals surface area contributed by atoms with Crippen molar-refractivity contribution in [3.63, 3.8) is 0 Å². The molecule has 4 aromatic rings. The number of hydrogen-bond donors (Lipinski definition) is 4. The highest BCUT2D eigenvalue weighted by molar-refractivity contribution is 7.71. The van der Waals surface area contributed by atoms with Gasteiger partial charge in [0.1, 0.15) is 5.56 Å². The van der Waals surface area contributed by atoms with E-state index < -0.39 is 6.04 Å². The Hall–Kier alpha value is -3.16. The molecular weight excluding hydrogens is 384 g/mol. The third-order valence-electron chi connectivity index (χ3n) is 5.53. The molecule has 0 radical (unpaired) electrons. The van der Waals surface area contributed by atoms with Gasteiger partial charge in [-0.25, -0.2) is 0 Å². The number of benzene rings is 2. The van der Waals surface area contributed by atoms with Crippen LogP contribution in [0.5, 0.6) is 5.88 Å². The van der Waals surface area contributed by atoms with Gasteiger partial charge in [-0.15, -0.1) is 0 Å².